The van der Waals surface area contributed by atoms with Crippen molar-refractivity contribution in [2.45, 2.75) is 25.9 Å². The lowest BCUT2D eigenvalue weighted by atomic mass is 9.96. The van der Waals surface area contributed by atoms with Crippen LogP contribution in [0.25, 0.3) is 5.69 Å². The van der Waals surface area contributed by atoms with E-state index in [1.807, 2.05) is 62.4 Å². The standard InChI is InChI=1S/C27H23ClN4O2S/c1-16-14-22(17(2)31(16)21-7-5-6-18(15-21)26(33)34)25-24(23-8-3-4-13-29-23)30-27(35)32(25)20-11-9-19(28)10-12-20/h3-15,24-25H,1-2H3,(H,30,35)(H,33,34)/t24-,25+/m1/s1. The number of aromatic carboxylic acids is 1. The van der Waals surface area contributed by atoms with Crippen LogP contribution in [0.3, 0.4) is 0 Å². The molecule has 1 aliphatic heterocycles. The van der Waals surface area contributed by atoms with Crippen molar-refractivity contribution in [2.75, 3.05) is 4.90 Å². The van der Waals surface area contributed by atoms with Crippen LogP contribution >= 0.6 is 23.8 Å². The molecular weight excluding hydrogens is 480 g/mol. The fourth-order valence-electron chi connectivity index (χ4n) is 4.81. The summed E-state index contributed by atoms with van der Waals surface area (Å²) in [5, 5.41) is 14.2. The number of rotatable bonds is 5. The molecule has 176 valence electrons. The molecule has 0 unspecified atom stereocenters. The second-order valence-electron chi connectivity index (χ2n) is 8.49. The SMILES string of the molecule is Cc1cc([C@H]2[C@@H](c3ccccn3)NC(=S)N2c2ccc(Cl)cc2)c(C)n1-c1cccc(C(=O)O)c1. The minimum atomic E-state index is -0.955. The third kappa shape index (κ3) is 4.17. The Hall–Kier alpha value is -3.68. The molecule has 0 bridgehead atoms. The van der Waals surface area contributed by atoms with Crippen LogP contribution < -0.4 is 10.2 Å². The van der Waals surface area contributed by atoms with E-state index < -0.39 is 5.97 Å². The molecule has 4 aromatic rings. The van der Waals surface area contributed by atoms with Crippen LogP contribution in [0.5, 0.6) is 0 Å². The van der Waals surface area contributed by atoms with Crippen molar-refractivity contribution in [2.24, 2.45) is 0 Å². The van der Waals surface area contributed by atoms with E-state index in [1.165, 1.54) is 0 Å². The molecule has 0 radical (unpaired) electrons. The number of carboxylic acid groups (broad SMARTS) is 1. The second-order valence-corrected chi connectivity index (χ2v) is 9.31. The minimum absolute atomic E-state index is 0.179. The van der Waals surface area contributed by atoms with Gasteiger partial charge in [-0.3, -0.25) is 4.98 Å². The molecule has 1 aliphatic rings. The van der Waals surface area contributed by atoms with Gasteiger partial charge in [-0.2, -0.15) is 0 Å². The second kappa shape index (κ2) is 9.17. The number of thiocarbonyl (C=S) groups is 1. The average molecular weight is 503 g/mol. The lowest BCUT2D eigenvalue weighted by molar-refractivity contribution is 0.0697. The molecule has 0 spiro atoms. The molecule has 1 saturated heterocycles. The largest absolute Gasteiger partial charge is 0.478 e. The van der Waals surface area contributed by atoms with Gasteiger partial charge in [0.05, 0.1) is 23.3 Å². The van der Waals surface area contributed by atoms with Gasteiger partial charge in [-0.05, 0) is 92.3 Å². The van der Waals surface area contributed by atoms with Gasteiger partial charge < -0.3 is 19.9 Å². The van der Waals surface area contributed by atoms with E-state index in [0.717, 1.165) is 34.0 Å². The number of hydrogen-bond acceptors (Lipinski definition) is 3. The number of carboxylic acids is 1. The van der Waals surface area contributed by atoms with Gasteiger partial charge in [0, 0.05) is 34.0 Å². The van der Waals surface area contributed by atoms with Crippen molar-refractivity contribution in [3.05, 3.63) is 112 Å². The molecule has 2 aromatic carbocycles. The Morgan fingerprint density at radius 1 is 1.03 bits per heavy atom. The summed E-state index contributed by atoms with van der Waals surface area (Å²) in [6, 6.07) is 22.2. The van der Waals surface area contributed by atoms with Gasteiger partial charge >= 0.3 is 5.97 Å². The zero-order valence-electron chi connectivity index (χ0n) is 19.1. The molecule has 6 nitrogen and oxygen atoms in total. The Kier molecular flexibility index (Phi) is 6.05. The quantitative estimate of drug-likeness (QED) is 0.325. The van der Waals surface area contributed by atoms with Crippen LogP contribution in [-0.4, -0.2) is 25.7 Å². The third-order valence-electron chi connectivity index (χ3n) is 6.34. The molecule has 0 saturated carbocycles. The Bertz CT molecular complexity index is 1420. The van der Waals surface area contributed by atoms with Gasteiger partial charge in [-0.1, -0.05) is 23.7 Å². The van der Waals surface area contributed by atoms with E-state index in [9.17, 15) is 9.90 Å². The van der Waals surface area contributed by atoms with Crippen molar-refractivity contribution in [1.82, 2.24) is 14.9 Å². The van der Waals surface area contributed by atoms with Crippen LogP contribution in [0.2, 0.25) is 5.02 Å². The first-order chi connectivity index (χ1) is 16.8. The van der Waals surface area contributed by atoms with Crippen molar-refractivity contribution in [1.29, 1.82) is 0 Å². The molecule has 35 heavy (non-hydrogen) atoms. The Morgan fingerprint density at radius 2 is 1.80 bits per heavy atom. The summed E-state index contributed by atoms with van der Waals surface area (Å²) in [5.41, 5.74) is 5.92. The summed E-state index contributed by atoms with van der Waals surface area (Å²) in [6.45, 7) is 4.07. The topological polar surface area (TPSA) is 70.4 Å². The number of hydrogen-bond donors (Lipinski definition) is 2. The van der Waals surface area contributed by atoms with Crippen molar-refractivity contribution >= 4 is 40.6 Å². The van der Waals surface area contributed by atoms with Crippen LogP contribution in [0, 0.1) is 13.8 Å². The lowest BCUT2D eigenvalue weighted by Crippen LogP contribution is -2.29. The van der Waals surface area contributed by atoms with Gasteiger partial charge in [0.25, 0.3) is 0 Å². The molecule has 2 atom stereocenters. The normalized spacial score (nSPS) is 17.5. The van der Waals surface area contributed by atoms with Crippen molar-refractivity contribution < 1.29 is 9.90 Å². The molecule has 2 aromatic heterocycles. The smallest absolute Gasteiger partial charge is 0.335 e. The number of pyridine rings is 1. The molecule has 2 N–H and O–H groups in total. The van der Waals surface area contributed by atoms with Gasteiger partial charge in [-0.15, -0.1) is 0 Å². The van der Waals surface area contributed by atoms with Crippen molar-refractivity contribution in [3.63, 3.8) is 0 Å². The molecular formula is C27H23ClN4O2S. The number of aryl methyl sites for hydroxylation is 1. The monoisotopic (exact) mass is 502 g/mol. The molecule has 0 aliphatic carbocycles. The van der Waals surface area contributed by atoms with Gasteiger partial charge in [0.15, 0.2) is 5.11 Å². The Labute approximate surface area is 213 Å². The number of nitrogens with zero attached hydrogens (tertiary/aromatic N) is 3. The number of carbonyl (C=O) groups is 1. The first-order valence-corrected chi connectivity index (χ1v) is 11.9. The van der Waals surface area contributed by atoms with Crippen molar-refractivity contribution in [3.8, 4) is 5.69 Å². The average Bonchev–Trinajstić information content (AvgIpc) is 3.35. The predicted octanol–water partition coefficient (Wildman–Crippen LogP) is 6.02. The minimum Gasteiger partial charge on any atom is -0.478 e. The summed E-state index contributed by atoms with van der Waals surface area (Å²) in [5.74, 6) is -0.955. The van der Waals surface area contributed by atoms with Crippen LogP contribution in [0.15, 0.2) is 79.0 Å². The number of halogens is 1. The summed E-state index contributed by atoms with van der Waals surface area (Å²) in [6.07, 6.45) is 1.78. The zero-order valence-corrected chi connectivity index (χ0v) is 20.7. The van der Waals surface area contributed by atoms with E-state index in [-0.39, 0.29) is 17.6 Å². The zero-order chi connectivity index (χ0) is 24.7. The molecule has 5 rings (SSSR count). The van der Waals surface area contributed by atoms with Crippen LogP contribution in [-0.2, 0) is 0 Å². The summed E-state index contributed by atoms with van der Waals surface area (Å²) in [7, 11) is 0. The fourth-order valence-corrected chi connectivity index (χ4v) is 5.29. The highest BCUT2D eigenvalue weighted by molar-refractivity contribution is 7.80. The van der Waals surface area contributed by atoms with Gasteiger partial charge in [0.2, 0.25) is 0 Å². The van der Waals surface area contributed by atoms with E-state index in [1.54, 1.807) is 24.4 Å². The Balaban J connectivity index is 1.67. The molecule has 8 heteroatoms. The number of benzene rings is 2. The summed E-state index contributed by atoms with van der Waals surface area (Å²) < 4.78 is 2.08. The summed E-state index contributed by atoms with van der Waals surface area (Å²) in [4.78, 5) is 18.3. The summed E-state index contributed by atoms with van der Waals surface area (Å²) >= 11 is 12.0. The lowest BCUT2D eigenvalue weighted by Gasteiger charge is -2.28. The molecule has 1 fully saturated rings. The highest BCUT2D eigenvalue weighted by Gasteiger charge is 2.42. The van der Waals surface area contributed by atoms with Crippen LogP contribution in [0.4, 0.5) is 5.69 Å². The van der Waals surface area contributed by atoms with E-state index in [2.05, 4.69) is 25.8 Å². The van der Waals surface area contributed by atoms with E-state index >= 15 is 0 Å². The highest BCUT2D eigenvalue weighted by Crippen LogP contribution is 2.43. The maximum Gasteiger partial charge on any atom is 0.335 e. The molecule has 3 heterocycles. The number of aromatic nitrogens is 2. The third-order valence-corrected chi connectivity index (χ3v) is 6.91. The highest BCUT2D eigenvalue weighted by atomic mass is 35.5. The fraction of sp³-hybridized carbons (Fsp3) is 0.148. The van der Waals surface area contributed by atoms with Gasteiger partial charge in [-0.25, -0.2) is 4.79 Å². The first kappa shape index (κ1) is 23.1. The maximum absolute atomic E-state index is 11.6. The van der Waals surface area contributed by atoms with Gasteiger partial charge in [0.1, 0.15) is 0 Å². The maximum atomic E-state index is 11.6. The Morgan fingerprint density at radius 3 is 2.49 bits per heavy atom. The number of nitrogens with one attached hydrogen (secondary N) is 1. The predicted molar refractivity (Wildman–Crippen MR) is 142 cm³/mol. The molecule has 0 amide bonds. The first-order valence-electron chi connectivity index (χ1n) is 11.1. The number of anilines is 1. The van der Waals surface area contributed by atoms with E-state index in [0.29, 0.717) is 10.1 Å². The van der Waals surface area contributed by atoms with Crippen LogP contribution in [0.1, 0.15) is 45.1 Å². The van der Waals surface area contributed by atoms with E-state index in [4.69, 9.17) is 23.8 Å².